The van der Waals surface area contributed by atoms with E-state index in [1.165, 1.54) is 11.1 Å². The highest BCUT2D eigenvalue weighted by Gasteiger charge is 2.31. The molecule has 4 aromatic rings. The van der Waals surface area contributed by atoms with Gasteiger partial charge in [0.25, 0.3) is 0 Å². The van der Waals surface area contributed by atoms with Gasteiger partial charge in [0, 0.05) is 50.4 Å². The number of piperidine rings is 1. The summed E-state index contributed by atoms with van der Waals surface area (Å²) in [6.45, 7) is 6.13. The van der Waals surface area contributed by atoms with Gasteiger partial charge >= 0.3 is 0 Å². The number of carbonyl (C=O) groups is 2. The number of nitrogens with zero attached hydrogens (tertiary/aromatic N) is 3. The van der Waals surface area contributed by atoms with Crippen LogP contribution in [-0.2, 0) is 22.4 Å². The maximum Gasteiger partial charge on any atom is 0.224 e. The molecule has 1 saturated heterocycles. The molecule has 3 heterocycles. The largest absolute Gasteiger partial charge is 0.493 e. The van der Waals surface area contributed by atoms with Crippen molar-refractivity contribution in [3.8, 4) is 16.9 Å². The Hall–Kier alpha value is -4.17. The normalized spacial score (nSPS) is 17.8. The summed E-state index contributed by atoms with van der Waals surface area (Å²) in [5, 5.41) is 0. The molecule has 43 heavy (non-hydrogen) atoms. The van der Waals surface area contributed by atoms with E-state index in [-0.39, 0.29) is 36.2 Å². The third-order valence-electron chi connectivity index (χ3n) is 8.94. The number of fused-ring (bicyclic) bond motifs is 2. The minimum Gasteiger partial charge on any atom is -0.493 e. The average Bonchev–Trinajstić information content (AvgIpc) is 3.62. The van der Waals surface area contributed by atoms with Gasteiger partial charge in [0.2, 0.25) is 11.8 Å². The number of imidazole rings is 1. The number of aryl methyl sites for hydroxylation is 1. The first kappa shape index (κ1) is 28.9. The summed E-state index contributed by atoms with van der Waals surface area (Å²) in [6, 6.07) is 20.6. The van der Waals surface area contributed by atoms with Crippen LogP contribution in [0.1, 0.15) is 67.1 Å². The quantitative estimate of drug-likeness (QED) is 0.288. The van der Waals surface area contributed by atoms with Crippen LogP contribution in [0.2, 0.25) is 0 Å². The minimum atomic E-state index is -0.338. The van der Waals surface area contributed by atoms with Gasteiger partial charge in [-0.15, -0.1) is 0 Å². The zero-order chi connectivity index (χ0) is 30.1. The predicted molar refractivity (Wildman–Crippen MR) is 169 cm³/mol. The fourth-order valence-corrected chi connectivity index (χ4v) is 6.75. The van der Waals surface area contributed by atoms with Crippen molar-refractivity contribution in [3.63, 3.8) is 0 Å². The van der Waals surface area contributed by atoms with E-state index in [1.54, 1.807) is 0 Å². The third kappa shape index (κ3) is 6.15. The average molecular weight is 580 g/mol. The summed E-state index contributed by atoms with van der Waals surface area (Å²) in [5.74, 6) is 1.74. The van der Waals surface area contributed by atoms with Gasteiger partial charge in [-0.3, -0.25) is 9.59 Å². The first-order valence-corrected chi connectivity index (χ1v) is 15.4. The number of carbonyl (C=O) groups excluding carboxylic acids is 2. The molecule has 0 saturated carbocycles. The first-order chi connectivity index (χ1) is 20.8. The molecule has 0 radical (unpaired) electrons. The van der Waals surface area contributed by atoms with Crippen molar-refractivity contribution in [3.05, 3.63) is 83.2 Å². The number of benzene rings is 3. The number of likely N-dealkylation sites (tertiary alicyclic amines) is 1. The van der Waals surface area contributed by atoms with Crippen LogP contribution in [0, 0.1) is 6.92 Å². The Morgan fingerprint density at radius 2 is 1.86 bits per heavy atom. The summed E-state index contributed by atoms with van der Waals surface area (Å²) in [4.78, 5) is 32.3. The summed E-state index contributed by atoms with van der Waals surface area (Å²) in [6.07, 6.45) is 3.96. The van der Waals surface area contributed by atoms with E-state index in [0.717, 1.165) is 71.7 Å². The van der Waals surface area contributed by atoms with Crippen LogP contribution in [0.15, 0.2) is 60.7 Å². The van der Waals surface area contributed by atoms with Crippen molar-refractivity contribution in [1.82, 2.24) is 14.5 Å². The number of hydrogen-bond donors (Lipinski definition) is 2. The Morgan fingerprint density at radius 3 is 2.65 bits per heavy atom. The van der Waals surface area contributed by atoms with Gasteiger partial charge in [-0.2, -0.15) is 0 Å². The Balaban J connectivity index is 1.11. The SMILES string of the molecule is Cc1cccc2c1nc(C1CCCN(C(=O)CC(N)Cc3ccc(-c4ccc5c(c4)CCO5)cc3)C1)n2C(C)CC(N)=O. The van der Waals surface area contributed by atoms with E-state index < -0.39 is 0 Å². The molecule has 4 N–H and O–H groups in total. The van der Waals surface area contributed by atoms with E-state index in [2.05, 4.69) is 60.0 Å². The van der Waals surface area contributed by atoms with Crippen LogP contribution in [0.25, 0.3) is 22.2 Å². The highest BCUT2D eigenvalue weighted by atomic mass is 16.5. The standard InChI is InChI=1S/C35H41N5O3/c1-22-5-3-7-30-34(22)38-35(40(30)23(2)17-32(37)41)28-6-4-15-39(21-28)33(42)20-29(36)18-24-8-10-25(11-9-24)26-12-13-31-27(19-26)14-16-43-31/h3,5,7-13,19,23,28-29H,4,6,14-18,20-21,36H2,1-2H3,(H2,37,41). The fourth-order valence-electron chi connectivity index (χ4n) is 6.75. The second kappa shape index (κ2) is 12.2. The molecule has 3 unspecified atom stereocenters. The Kier molecular flexibility index (Phi) is 8.21. The Bertz CT molecular complexity index is 1640. The fraction of sp³-hybridized carbons (Fsp3) is 0.400. The van der Waals surface area contributed by atoms with Gasteiger partial charge in [0.15, 0.2) is 0 Å². The zero-order valence-electron chi connectivity index (χ0n) is 25.1. The molecule has 0 aliphatic carbocycles. The van der Waals surface area contributed by atoms with Crippen LogP contribution in [0.3, 0.4) is 0 Å². The number of rotatable bonds is 9. The molecule has 1 aromatic heterocycles. The summed E-state index contributed by atoms with van der Waals surface area (Å²) >= 11 is 0. The molecule has 2 aliphatic heterocycles. The first-order valence-electron chi connectivity index (χ1n) is 15.4. The van der Waals surface area contributed by atoms with Crippen molar-refractivity contribution in [2.75, 3.05) is 19.7 Å². The van der Waals surface area contributed by atoms with Crippen molar-refractivity contribution >= 4 is 22.8 Å². The molecule has 2 amide bonds. The van der Waals surface area contributed by atoms with Gasteiger partial charge in [0.05, 0.1) is 17.6 Å². The van der Waals surface area contributed by atoms with Crippen LogP contribution in [0.4, 0.5) is 0 Å². The molecule has 1 fully saturated rings. The van der Waals surface area contributed by atoms with E-state index >= 15 is 0 Å². The monoisotopic (exact) mass is 579 g/mol. The summed E-state index contributed by atoms with van der Waals surface area (Å²) in [5.41, 5.74) is 19.9. The minimum absolute atomic E-state index is 0.0781. The summed E-state index contributed by atoms with van der Waals surface area (Å²) in [7, 11) is 0. The number of aromatic nitrogens is 2. The molecule has 0 spiro atoms. The van der Waals surface area contributed by atoms with Crippen molar-refractivity contribution < 1.29 is 14.3 Å². The van der Waals surface area contributed by atoms with E-state index in [4.69, 9.17) is 21.2 Å². The van der Waals surface area contributed by atoms with Crippen molar-refractivity contribution in [1.29, 1.82) is 0 Å². The molecule has 0 bridgehead atoms. The number of hydrogen-bond acceptors (Lipinski definition) is 5. The lowest BCUT2D eigenvalue weighted by Crippen LogP contribution is -2.42. The highest BCUT2D eigenvalue weighted by molar-refractivity contribution is 5.81. The molecule has 3 atom stereocenters. The highest BCUT2D eigenvalue weighted by Crippen LogP contribution is 2.34. The van der Waals surface area contributed by atoms with E-state index in [0.29, 0.717) is 19.4 Å². The number of ether oxygens (including phenoxy) is 1. The smallest absolute Gasteiger partial charge is 0.224 e. The van der Waals surface area contributed by atoms with Crippen LogP contribution >= 0.6 is 0 Å². The molecule has 224 valence electrons. The second-order valence-electron chi connectivity index (χ2n) is 12.3. The van der Waals surface area contributed by atoms with Gasteiger partial charge in [-0.25, -0.2) is 4.98 Å². The van der Waals surface area contributed by atoms with E-state index in [9.17, 15) is 9.59 Å². The topological polar surface area (TPSA) is 116 Å². The molecular weight excluding hydrogens is 538 g/mol. The van der Waals surface area contributed by atoms with Crippen molar-refractivity contribution in [2.24, 2.45) is 11.5 Å². The molecule has 8 heteroatoms. The maximum absolute atomic E-state index is 13.4. The number of amides is 2. The second-order valence-corrected chi connectivity index (χ2v) is 12.3. The van der Waals surface area contributed by atoms with Crippen LogP contribution in [0.5, 0.6) is 5.75 Å². The Labute approximate surface area is 253 Å². The third-order valence-corrected chi connectivity index (χ3v) is 8.94. The molecule has 3 aromatic carbocycles. The lowest BCUT2D eigenvalue weighted by atomic mass is 9.95. The lowest BCUT2D eigenvalue weighted by molar-refractivity contribution is -0.132. The number of nitrogens with two attached hydrogens (primary N) is 2. The summed E-state index contributed by atoms with van der Waals surface area (Å²) < 4.78 is 7.80. The number of para-hydroxylation sites is 1. The van der Waals surface area contributed by atoms with Gasteiger partial charge in [0.1, 0.15) is 11.6 Å². The van der Waals surface area contributed by atoms with Gasteiger partial charge in [-0.05, 0) is 79.1 Å². The molecular formula is C35H41N5O3. The van der Waals surface area contributed by atoms with Gasteiger partial charge < -0.3 is 25.7 Å². The zero-order valence-corrected chi connectivity index (χ0v) is 25.1. The molecule has 2 aliphatic rings. The lowest BCUT2D eigenvalue weighted by Gasteiger charge is -2.34. The maximum atomic E-state index is 13.4. The van der Waals surface area contributed by atoms with Gasteiger partial charge in [-0.1, -0.05) is 42.5 Å². The number of primary amides is 1. The molecule has 6 rings (SSSR count). The Morgan fingerprint density at radius 1 is 1.07 bits per heavy atom. The molecule has 8 nitrogen and oxygen atoms in total. The van der Waals surface area contributed by atoms with Crippen LogP contribution < -0.4 is 16.2 Å². The van der Waals surface area contributed by atoms with Crippen molar-refractivity contribution in [2.45, 2.75) is 70.4 Å². The predicted octanol–water partition coefficient (Wildman–Crippen LogP) is 5.05. The van der Waals surface area contributed by atoms with Crippen LogP contribution in [-0.4, -0.2) is 52.0 Å². The van der Waals surface area contributed by atoms with E-state index in [1.807, 2.05) is 24.0 Å².